The van der Waals surface area contributed by atoms with E-state index in [2.05, 4.69) is 0 Å². The largest absolute Gasteiger partial charge is 0.501 e. The van der Waals surface area contributed by atoms with Gasteiger partial charge in [0.2, 0.25) is 6.79 Å². The molecule has 3 rings (SSSR count). The Morgan fingerprint density at radius 3 is 2.94 bits per heavy atom. The van der Waals surface area contributed by atoms with E-state index in [0.29, 0.717) is 12.2 Å². The summed E-state index contributed by atoms with van der Waals surface area (Å²) in [5, 5.41) is 9.60. The third kappa shape index (κ3) is 2.02. The fraction of sp³-hybridized carbons (Fsp3) is 0.385. The van der Waals surface area contributed by atoms with Crippen molar-refractivity contribution in [3.63, 3.8) is 0 Å². The predicted octanol–water partition coefficient (Wildman–Crippen LogP) is 1.73. The summed E-state index contributed by atoms with van der Waals surface area (Å²) in [5.41, 5.74) is 0.931. The van der Waals surface area contributed by atoms with Crippen LogP contribution in [0.2, 0.25) is 0 Å². The second-order valence-electron chi connectivity index (χ2n) is 4.17. The Morgan fingerprint density at radius 1 is 1.28 bits per heavy atom. The molecule has 0 aliphatic carbocycles. The van der Waals surface area contributed by atoms with Crippen molar-refractivity contribution in [3.05, 3.63) is 35.6 Å². The molecule has 2 aliphatic heterocycles. The summed E-state index contributed by atoms with van der Waals surface area (Å²) in [4.78, 5) is 0. The molecule has 96 valence electrons. The van der Waals surface area contributed by atoms with Crippen molar-refractivity contribution < 1.29 is 24.1 Å². The molecule has 1 aromatic rings. The maximum Gasteiger partial charge on any atom is 0.231 e. The zero-order valence-corrected chi connectivity index (χ0v) is 9.96. The first kappa shape index (κ1) is 11.4. The lowest BCUT2D eigenvalue weighted by atomic mass is 10.0. The average Bonchev–Trinajstić information content (AvgIpc) is 2.85. The maximum absolute atomic E-state index is 9.60. The molecule has 0 saturated heterocycles. The molecule has 0 aromatic heterocycles. The van der Waals surface area contributed by atoms with Crippen LogP contribution in [-0.4, -0.2) is 25.3 Å². The Labute approximate surface area is 105 Å². The van der Waals surface area contributed by atoms with Gasteiger partial charge in [0.25, 0.3) is 0 Å². The van der Waals surface area contributed by atoms with Crippen LogP contribution in [-0.2, 0) is 9.47 Å². The third-order valence-corrected chi connectivity index (χ3v) is 3.05. The summed E-state index contributed by atoms with van der Waals surface area (Å²) in [6.45, 7) is 0.246. The second kappa shape index (κ2) is 4.51. The molecule has 2 unspecified atom stereocenters. The van der Waals surface area contributed by atoms with Crippen molar-refractivity contribution in [2.45, 2.75) is 18.8 Å². The van der Waals surface area contributed by atoms with Gasteiger partial charge < -0.3 is 24.1 Å². The van der Waals surface area contributed by atoms with E-state index >= 15 is 0 Å². The van der Waals surface area contributed by atoms with Crippen molar-refractivity contribution >= 4 is 0 Å². The lowest BCUT2D eigenvalue weighted by molar-refractivity contribution is -0.121. The maximum atomic E-state index is 9.60. The first-order chi connectivity index (χ1) is 8.76. The van der Waals surface area contributed by atoms with Crippen molar-refractivity contribution in [1.29, 1.82) is 0 Å². The number of hydrogen-bond acceptors (Lipinski definition) is 5. The molecule has 18 heavy (non-hydrogen) atoms. The Morgan fingerprint density at radius 2 is 2.11 bits per heavy atom. The van der Waals surface area contributed by atoms with Gasteiger partial charge in [-0.2, -0.15) is 0 Å². The van der Waals surface area contributed by atoms with Gasteiger partial charge in [-0.25, -0.2) is 0 Å². The van der Waals surface area contributed by atoms with Gasteiger partial charge in [0, 0.05) is 12.5 Å². The van der Waals surface area contributed by atoms with E-state index in [9.17, 15) is 5.11 Å². The minimum Gasteiger partial charge on any atom is -0.501 e. The second-order valence-corrected chi connectivity index (χ2v) is 4.17. The minimum absolute atomic E-state index is 0.241. The van der Waals surface area contributed by atoms with E-state index in [0.717, 1.165) is 17.1 Å². The van der Waals surface area contributed by atoms with Gasteiger partial charge in [0.05, 0.1) is 19.0 Å². The lowest BCUT2D eigenvalue weighted by Gasteiger charge is -2.26. The number of ether oxygens (including phenoxy) is 4. The smallest absolute Gasteiger partial charge is 0.231 e. The van der Waals surface area contributed by atoms with Gasteiger partial charge in [-0.1, -0.05) is 6.07 Å². The number of benzene rings is 1. The third-order valence-electron chi connectivity index (χ3n) is 3.05. The Kier molecular flexibility index (Phi) is 2.85. The molecule has 0 spiro atoms. The number of aliphatic hydroxyl groups excluding tert-OH is 1. The fourth-order valence-corrected chi connectivity index (χ4v) is 2.13. The van der Waals surface area contributed by atoms with Crippen LogP contribution in [0.3, 0.4) is 0 Å². The van der Waals surface area contributed by atoms with E-state index in [-0.39, 0.29) is 12.9 Å². The van der Waals surface area contributed by atoms with Crippen LogP contribution in [0.15, 0.2) is 30.0 Å². The van der Waals surface area contributed by atoms with E-state index in [1.54, 1.807) is 13.2 Å². The highest BCUT2D eigenvalue weighted by Crippen LogP contribution is 2.38. The van der Waals surface area contributed by atoms with Crippen molar-refractivity contribution in [3.8, 4) is 11.5 Å². The number of rotatable bonds is 2. The molecule has 5 nitrogen and oxygen atoms in total. The molecular weight excluding hydrogens is 236 g/mol. The van der Waals surface area contributed by atoms with Gasteiger partial charge in [-0.15, -0.1) is 0 Å². The van der Waals surface area contributed by atoms with Crippen molar-refractivity contribution in [2.75, 3.05) is 13.9 Å². The predicted molar refractivity (Wildman–Crippen MR) is 62.1 cm³/mol. The topological polar surface area (TPSA) is 57.2 Å². The molecule has 0 radical (unpaired) electrons. The summed E-state index contributed by atoms with van der Waals surface area (Å²) in [7, 11) is 1.58. The molecule has 1 N–H and O–H groups in total. The molecule has 5 heteroatoms. The number of aliphatic hydroxyl groups is 1. The van der Waals surface area contributed by atoms with Gasteiger partial charge in [0.1, 0.15) is 0 Å². The van der Waals surface area contributed by atoms with Crippen LogP contribution >= 0.6 is 0 Å². The quantitative estimate of drug-likeness (QED) is 0.866. The molecule has 0 fully saturated rings. The van der Waals surface area contributed by atoms with E-state index in [4.69, 9.17) is 18.9 Å². The Hall–Kier alpha value is -1.72. The standard InChI is InChI=1S/C13H14O5/c1-15-9-5-11(18-13(14)6-9)8-2-3-10-12(4-8)17-7-16-10/h2-4,6,11,13-14H,5,7H2,1H3. The number of hydrogen-bond donors (Lipinski definition) is 1. The van der Waals surface area contributed by atoms with Crippen LogP contribution in [0.4, 0.5) is 0 Å². The zero-order chi connectivity index (χ0) is 12.5. The highest BCUT2D eigenvalue weighted by atomic mass is 16.7. The van der Waals surface area contributed by atoms with Crippen LogP contribution in [0.25, 0.3) is 0 Å². The van der Waals surface area contributed by atoms with Crippen LogP contribution in [0.1, 0.15) is 18.1 Å². The van der Waals surface area contributed by atoms with Gasteiger partial charge >= 0.3 is 0 Å². The van der Waals surface area contributed by atoms with E-state index in [1.807, 2.05) is 18.2 Å². The van der Waals surface area contributed by atoms with Crippen LogP contribution in [0.5, 0.6) is 11.5 Å². The number of methoxy groups -OCH3 is 1. The normalized spacial score (nSPS) is 25.8. The first-order valence-corrected chi connectivity index (χ1v) is 5.74. The molecule has 2 heterocycles. The lowest BCUT2D eigenvalue weighted by Crippen LogP contribution is -2.20. The zero-order valence-electron chi connectivity index (χ0n) is 9.96. The summed E-state index contributed by atoms with van der Waals surface area (Å²) in [6.07, 6.45) is 0.968. The molecule has 2 aliphatic rings. The highest BCUT2D eigenvalue weighted by molar-refractivity contribution is 5.45. The molecule has 1 aromatic carbocycles. The first-order valence-electron chi connectivity index (χ1n) is 5.74. The minimum atomic E-state index is -0.941. The molecular formula is C13H14O5. The fourth-order valence-electron chi connectivity index (χ4n) is 2.13. The van der Waals surface area contributed by atoms with Crippen LogP contribution < -0.4 is 9.47 Å². The van der Waals surface area contributed by atoms with Crippen molar-refractivity contribution in [2.24, 2.45) is 0 Å². The molecule has 0 amide bonds. The summed E-state index contributed by atoms with van der Waals surface area (Å²) < 4.78 is 21.2. The van der Waals surface area contributed by atoms with Crippen molar-refractivity contribution in [1.82, 2.24) is 0 Å². The van der Waals surface area contributed by atoms with Gasteiger partial charge in [-0.05, 0) is 17.7 Å². The molecule has 0 bridgehead atoms. The SMILES string of the molecule is COC1=CC(O)OC(c2ccc3c(c2)OCO3)C1. The van der Waals surface area contributed by atoms with Crippen LogP contribution in [0, 0.1) is 0 Å². The Balaban J connectivity index is 1.85. The number of fused-ring (bicyclic) bond motifs is 1. The summed E-state index contributed by atoms with van der Waals surface area (Å²) in [6, 6.07) is 5.63. The molecule has 2 atom stereocenters. The van der Waals surface area contributed by atoms with E-state index < -0.39 is 6.29 Å². The van der Waals surface area contributed by atoms with Gasteiger partial charge in [-0.3, -0.25) is 0 Å². The Bertz CT molecular complexity index is 482. The highest BCUT2D eigenvalue weighted by Gasteiger charge is 2.25. The van der Waals surface area contributed by atoms with Gasteiger partial charge in [0.15, 0.2) is 17.8 Å². The summed E-state index contributed by atoms with van der Waals surface area (Å²) >= 11 is 0. The van der Waals surface area contributed by atoms with E-state index in [1.165, 1.54) is 0 Å². The monoisotopic (exact) mass is 250 g/mol. The molecule has 0 saturated carbocycles. The summed E-state index contributed by atoms with van der Waals surface area (Å²) in [5.74, 6) is 2.16. The average molecular weight is 250 g/mol.